The summed E-state index contributed by atoms with van der Waals surface area (Å²) in [5, 5.41) is 7.63. The van der Waals surface area contributed by atoms with Gasteiger partial charge < -0.3 is 15.2 Å². The van der Waals surface area contributed by atoms with E-state index in [1.54, 1.807) is 24.3 Å². The molecule has 0 radical (unpaired) electrons. The van der Waals surface area contributed by atoms with E-state index in [1.807, 2.05) is 41.3 Å². The highest BCUT2D eigenvalue weighted by atomic mass is 32.2. The number of anilines is 4. The largest absolute Gasteiger partial charge is 0.341 e. The average molecular weight is 543 g/mol. The van der Waals surface area contributed by atoms with E-state index in [4.69, 9.17) is 5.41 Å². The van der Waals surface area contributed by atoms with Crippen LogP contribution in [0.25, 0.3) is 0 Å². The van der Waals surface area contributed by atoms with Gasteiger partial charge in [-0.3, -0.25) is 4.55 Å². The van der Waals surface area contributed by atoms with Gasteiger partial charge in [0.05, 0.1) is 22.9 Å². The van der Waals surface area contributed by atoms with Crippen LogP contribution in [-0.4, -0.2) is 43.2 Å². The molecule has 0 saturated heterocycles. The molecule has 8 heteroatoms. The molecule has 3 aromatic rings. The molecule has 0 unspecified atom stereocenters. The second-order valence-electron chi connectivity index (χ2n) is 9.47. The average Bonchev–Trinajstić information content (AvgIpc) is 2.92. The van der Waals surface area contributed by atoms with Gasteiger partial charge in [0.1, 0.15) is 0 Å². The lowest BCUT2D eigenvalue weighted by Gasteiger charge is -2.28. The summed E-state index contributed by atoms with van der Waals surface area (Å²) in [6, 6.07) is 24.5. The van der Waals surface area contributed by atoms with Gasteiger partial charge in [0.2, 0.25) is 0 Å². The Morgan fingerprint density at radius 1 is 0.744 bits per heavy atom. The van der Waals surface area contributed by atoms with Gasteiger partial charge in [-0.25, -0.2) is 4.99 Å². The predicted octanol–water partition coefficient (Wildman–Crippen LogP) is 7.18. The Balaban J connectivity index is 1.59. The van der Waals surface area contributed by atoms with E-state index in [0.717, 1.165) is 47.1 Å². The van der Waals surface area contributed by atoms with Crippen LogP contribution in [0.2, 0.25) is 0 Å². The maximum atomic E-state index is 11.4. The van der Waals surface area contributed by atoms with Crippen LogP contribution >= 0.6 is 0 Å². The van der Waals surface area contributed by atoms with E-state index in [2.05, 4.69) is 60.1 Å². The van der Waals surface area contributed by atoms with E-state index in [9.17, 15) is 13.0 Å². The fourth-order valence-corrected chi connectivity index (χ4v) is 4.87. The smallest absolute Gasteiger partial charge is 0.264 e. The van der Waals surface area contributed by atoms with Gasteiger partial charge in [0.15, 0.2) is 0 Å². The molecule has 4 rings (SSSR count). The Labute approximate surface area is 231 Å². The van der Waals surface area contributed by atoms with Crippen LogP contribution in [0.3, 0.4) is 0 Å². The molecule has 0 amide bonds. The molecule has 0 atom stereocenters. The third-order valence-electron chi connectivity index (χ3n) is 6.34. The first kappa shape index (κ1) is 28.0. The van der Waals surface area contributed by atoms with Crippen LogP contribution < -0.4 is 9.80 Å². The summed E-state index contributed by atoms with van der Waals surface area (Å²) in [6.07, 6.45) is 8.29. The van der Waals surface area contributed by atoms with Crippen LogP contribution in [0.1, 0.15) is 25.3 Å². The fraction of sp³-hybridized carbons (Fsp3) is 0.226. The van der Waals surface area contributed by atoms with Crippen molar-refractivity contribution in [3.63, 3.8) is 0 Å². The number of nitrogens with one attached hydrogen (secondary N) is 1. The van der Waals surface area contributed by atoms with Gasteiger partial charge >= 0.3 is 0 Å². The molecule has 0 bridgehead atoms. The number of hydrogen-bond acceptors (Lipinski definition) is 6. The topological polar surface area (TPSA) is 97.1 Å². The third-order valence-corrected chi connectivity index (χ3v) is 7.14. The minimum absolute atomic E-state index is 0.275. The first-order valence-corrected chi connectivity index (χ1v) is 14.6. The van der Waals surface area contributed by atoms with Crippen molar-refractivity contribution in [3.8, 4) is 0 Å². The maximum absolute atomic E-state index is 11.4. The number of rotatable bonds is 11. The first-order valence-electron chi connectivity index (χ1n) is 13.0. The van der Waals surface area contributed by atoms with Crippen molar-refractivity contribution in [1.29, 1.82) is 5.41 Å². The van der Waals surface area contributed by atoms with E-state index in [-0.39, 0.29) is 12.2 Å². The van der Waals surface area contributed by atoms with Crippen LogP contribution in [-0.2, 0) is 10.1 Å². The van der Waals surface area contributed by atoms with E-state index in [0.29, 0.717) is 12.3 Å². The highest BCUT2D eigenvalue weighted by Crippen LogP contribution is 2.32. The Kier molecular flexibility index (Phi) is 9.11. The molecule has 0 saturated carbocycles. The molecule has 0 aliphatic heterocycles. The van der Waals surface area contributed by atoms with Gasteiger partial charge in [0, 0.05) is 35.8 Å². The number of nitrogens with zero attached hydrogens (tertiary/aromatic N) is 3. The minimum Gasteiger partial charge on any atom is -0.341 e. The molecule has 0 aromatic heterocycles. The normalized spacial score (nSPS) is 13.0. The summed E-state index contributed by atoms with van der Waals surface area (Å²) in [5.41, 5.74) is 7.23. The molecule has 0 fully saturated rings. The molecule has 1 aliphatic carbocycles. The Morgan fingerprint density at radius 2 is 1.21 bits per heavy atom. The first-order chi connectivity index (χ1) is 18.7. The van der Waals surface area contributed by atoms with Crippen LogP contribution in [0.15, 0.2) is 102 Å². The molecule has 0 spiro atoms. The summed E-state index contributed by atoms with van der Waals surface area (Å²) in [6.45, 7) is 5.54. The third kappa shape index (κ3) is 7.99. The zero-order chi connectivity index (χ0) is 27.8. The van der Waals surface area contributed by atoms with Gasteiger partial charge in [-0.1, -0.05) is 24.6 Å². The summed E-state index contributed by atoms with van der Waals surface area (Å²) < 4.78 is 32.0. The van der Waals surface area contributed by atoms with E-state index >= 15 is 0 Å². The van der Waals surface area contributed by atoms with Crippen LogP contribution in [0.4, 0.5) is 28.4 Å². The summed E-state index contributed by atoms with van der Waals surface area (Å²) in [5.74, 6) is -0.307. The lowest BCUT2D eigenvalue weighted by molar-refractivity contribution is 0.481. The Bertz CT molecular complexity index is 1460. The van der Waals surface area contributed by atoms with Crippen molar-refractivity contribution in [2.45, 2.75) is 26.7 Å². The number of allylic oxidation sites excluding steroid dienone is 4. The number of hydrogen-bond donors (Lipinski definition) is 2. The lowest BCUT2D eigenvalue weighted by atomic mass is 10.1. The molecule has 2 N–H and O–H groups in total. The van der Waals surface area contributed by atoms with Crippen LogP contribution in [0.5, 0.6) is 0 Å². The van der Waals surface area contributed by atoms with Crippen molar-refractivity contribution in [3.05, 3.63) is 103 Å². The highest BCUT2D eigenvalue weighted by Gasteiger charge is 2.14. The molecule has 3 aromatic carbocycles. The maximum Gasteiger partial charge on any atom is 0.264 e. The molecule has 39 heavy (non-hydrogen) atoms. The predicted molar refractivity (Wildman–Crippen MR) is 163 cm³/mol. The fourth-order valence-electron chi connectivity index (χ4n) is 4.37. The molecular formula is C31H34N4O3S. The molecule has 7 nitrogen and oxygen atoms in total. The minimum atomic E-state index is -4.05. The van der Waals surface area contributed by atoms with Crippen molar-refractivity contribution in [1.82, 2.24) is 0 Å². The van der Waals surface area contributed by atoms with Gasteiger partial charge in [0.25, 0.3) is 10.1 Å². The number of aliphatic imine (C=N–C) groups is 1. The molecule has 0 heterocycles. The van der Waals surface area contributed by atoms with Gasteiger partial charge in [-0.2, -0.15) is 8.42 Å². The van der Waals surface area contributed by atoms with E-state index in [1.165, 1.54) is 5.56 Å². The van der Waals surface area contributed by atoms with Gasteiger partial charge in [-0.05, 0) is 105 Å². The second kappa shape index (κ2) is 12.7. The summed E-state index contributed by atoms with van der Waals surface area (Å²) in [4.78, 5) is 8.95. The van der Waals surface area contributed by atoms with Crippen molar-refractivity contribution in [2.75, 3.05) is 28.6 Å². The second-order valence-corrected chi connectivity index (χ2v) is 11.0. The SMILES string of the molecule is CCCN(c1ccc(C)cc1)c1ccc(N(CCCS(=O)(=O)O)c2ccc(N=C3C=CC(=N)C=C3)cc2)cc1. The highest BCUT2D eigenvalue weighted by molar-refractivity contribution is 7.85. The molecule has 1 aliphatic rings. The van der Waals surface area contributed by atoms with E-state index < -0.39 is 10.1 Å². The lowest BCUT2D eigenvalue weighted by Crippen LogP contribution is -2.21. The Morgan fingerprint density at radius 3 is 1.69 bits per heavy atom. The Hall–Kier alpha value is -4.01. The standard InChI is InChI=1S/C31H34N4O3S/c1-3-21-34(28-13-5-24(2)6-14-28)30-17-19-31(20-18-30)35(22-4-23-39(36,37)38)29-15-11-27(12-16-29)33-26-9-7-25(32)8-10-26/h5-20,32H,3-4,21-23H2,1-2H3,(H,36,37,38). The molecule has 202 valence electrons. The summed E-state index contributed by atoms with van der Waals surface area (Å²) >= 11 is 0. The quantitative estimate of drug-likeness (QED) is 0.198. The van der Waals surface area contributed by atoms with Crippen molar-refractivity contribution < 1.29 is 13.0 Å². The van der Waals surface area contributed by atoms with Gasteiger partial charge in [-0.15, -0.1) is 0 Å². The zero-order valence-corrected chi connectivity index (χ0v) is 23.1. The monoisotopic (exact) mass is 542 g/mol. The zero-order valence-electron chi connectivity index (χ0n) is 22.3. The van der Waals surface area contributed by atoms with Crippen molar-refractivity contribution in [2.24, 2.45) is 4.99 Å². The number of aryl methyl sites for hydroxylation is 1. The molecular weight excluding hydrogens is 508 g/mol. The van der Waals surface area contributed by atoms with Crippen molar-refractivity contribution >= 4 is 50.0 Å². The summed E-state index contributed by atoms with van der Waals surface area (Å²) in [7, 11) is -4.05. The number of benzene rings is 3. The van der Waals surface area contributed by atoms with Crippen LogP contribution in [0, 0.1) is 12.3 Å².